The molecule has 3 aromatic carbocycles. The molecule has 0 heterocycles. The SMILES string of the molecule is CCOC(=O)C(CCC(=O)NC(c1ccccc1)(c1ccccc1)c1ccccc1)C[P+](=O)O. The van der Waals surface area contributed by atoms with Crippen molar-refractivity contribution in [3.8, 4) is 0 Å². The van der Waals surface area contributed by atoms with E-state index in [1.54, 1.807) is 6.92 Å². The van der Waals surface area contributed by atoms with Crippen molar-refractivity contribution in [3.05, 3.63) is 108 Å². The van der Waals surface area contributed by atoms with Gasteiger partial charge < -0.3 is 10.1 Å². The van der Waals surface area contributed by atoms with Crippen molar-refractivity contribution in [2.24, 2.45) is 5.92 Å². The molecule has 7 heteroatoms. The fourth-order valence-corrected chi connectivity index (χ4v) is 4.80. The van der Waals surface area contributed by atoms with Gasteiger partial charge >= 0.3 is 14.0 Å². The summed E-state index contributed by atoms with van der Waals surface area (Å²) in [5, 5.41) is 3.23. The second kappa shape index (κ2) is 12.2. The van der Waals surface area contributed by atoms with Crippen molar-refractivity contribution >= 4 is 19.9 Å². The predicted molar refractivity (Wildman–Crippen MR) is 131 cm³/mol. The van der Waals surface area contributed by atoms with Crippen LogP contribution in [0.5, 0.6) is 0 Å². The van der Waals surface area contributed by atoms with E-state index in [-0.39, 0.29) is 31.5 Å². The third-order valence-corrected chi connectivity index (χ3v) is 6.42. The summed E-state index contributed by atoms with van der Waals surface area (Å²) >= 11 is 0. The summed E-state index contributed by atoms with van der Waals surface area (Å²) in [5.41, 5.74) is 1.71. The molecule has 0 aromatic heterocycles. The number of amides is 1. The molecule has 0 radical (unpaired) electrons. The fraction of sp³-hybridized carbons (Fsp3) is 0.259. The molecule has 2 N–H and O–H groups in total. The lowest BCUT2D eigenvalue weighted by atomic mass is 9.77. The first kappa shape index (κ1) is 25.3. The van der Waals surface area contributed by atoms with E-state index in [0.717, 1.165) is 16.7 Å². The smallest absolute Gasteiger partial charge is 0.466 e. The summed E-state index contributed by atoms with van der Waals surface area (Å²) in [6.45, 7) is 1.84. The molecule has 0 bridgehead atoms. The van der Waals surface area contributed by atoms with Crippen LogP contribution in [-0.2, 0) is 24.4 Å². The number of hydrogen-bond acceptors (Lipinski definition) is 4. The molecular weight excluding hydrogens is 449 g/mol. The zero-order valence-electron chi connectivity index (χ0n) is 19.1. The molecule has 1 amide bonds. The first-order valence-electron chi connectivity index (χ1n) is 11.2. The molecule has 34 heavy (non-hydrogen) atoms. The Morgan fingerprint density at radius 3 is 1.71 bits per heavy atom. The average Bonchev–Trinajstić information content (AvgIpc) is 2.86. The third-order valence-electron chi connectivity index (χ3n) is 5.66. The molecule has 176 valence electrons. The Hall–Kier alpha value is -3.34. The highest BCUT2D eigenvalue weighted by Gasteiger charge is 2.38. The van der Waals surface area contributed by atoms with Crippen molar-refractivity contribution in [1.82, 2.24) is 5.32 Å². The van der Waals surface area contributed by atoms with E-state index in [1.165, 1.54) is 0 Å². The summed E-state index contributed by atoms with van der Waals surface area (Å²) in [5.74, 6) is -1.66. The van der Waals surface area contributed by atoms with Gasteiger partial charge in [0.1, 0.15) is 11.5 Å². The van der Waals surface area contributed by atoms with Crippen LogP contribution in [0.2, 0.25) is 0 Å². The first-order valence-corrected chi connectivity index (χ1v) is 12.6. The van der Waals surface area contributed by atoms with Gasteiger partial charge in [0, 0.05) is 6.42 Å². The molecule has 0 spiro atoms. The molecule has 0 saturated heterocycles. The van der Waals surface area contributed by atoms with Crippen molar-refractivity contribution in [1.29, 1.82) is 0 Å². The van der Waals surface area contributed by atoms with Crippen LogP contribution in [-0.4, -0.2) is 29.5 Å². The van der Waals surface area contributed by atoms with Gasteiger partial charge in [0.2, 0.25) is 5.91 Å². The Bertz CT molecular complexity index is 993. The van der Waals surface area contributed by atoms with Crippen molar-refractivity contribution in [3.63, 3.8) is 0 Å². The monoisotopic (exact) mass is 478 g/mol. The fourth-order valence-electron chi connectivity index (χ4n) is 4.09. The zero-order valence-corrected chi connectivity index (χ0v) is 20.0. The van der Waals surface area contributed by atoms with Gasteiger partial charge in [0.15, 0.2) is 6.16 Å². The van der Waals surface area contributed by atoms with Gasteiger partial charge in [0.25, 0.3) is 0 Å². The number of ether oxygens (including phenoxy) is 1. The minimum absolute atomic E-state index is 0.000898. The lowest BCUT2D eigenvalue weighted by molar-refractivity contribution is -0.147. The van der Waals surface area contributed by atoms with Gasteiger partial charge in [-0.05, 0) is 34.6 Å². The van der Waals surface area contributed by atoms with Gasteiger partial charge in [-0.15, -0.1) is 0 Å². The number of esters is 1. The maximum atomic E-state index is 13.4. The maximum absolute atomic E-state index is 13.4. The minimum Gasteiger partial charge on any atom is -0.466 e. The Labute approximate surface area is 200 Å². The topological polar surface area (TPSA) is 92.7 Å². The van der Waals surface area contributed by atoms with E-state index in [2.05, 4.69) is 5.32 Å². The van der Waals surface area contributed by atoms with Crippen LogP contribution in [0.3, 0.4) is 0 Å². The molecular formula is C27H29NO5P+. The molecule has 0 fully saturated rings. The molecule has 3 aromatic rings. The number of carbonyl (C=O) groups excluding carboxylic acids is 2. The summed E-state index contributed by atoms with van der Waals surface area (Å²) in [6, 6.07) is 29.2. The van der Waals surface area contributed by atoms with Gasteiger partial charge in [-0.2, -0.15) is 4.89 Å². The highest BCUT2D eigenvalue weighted by molar-refractivity contribution is 7.38. The van der Waals surface area contributed by atoms with Gasteiger partial charge in [-0.3, -0.25) is 9.59 Å². The van der Waals surface area contributed by atoms with E-state index < -0.39 is 25.5 Å². The number of hydrogen-bond donors (Lipinski definition) is 2. The number of rotatable bonds is 11. The van der Waals surface area contributed by atoms with Crippen LogP contribution in [0.4, 0.5) is 0 Å². The van der Waals surface area contributed by atoms with E-state index in [1.807, 2.05) is 91.0 Å². The quantitative estimate of drug-likeness (QED) is 0.235. The highest BCUT2D eigenvalue weighted by Crippen LogP contribution is 2.37. The van der Waals surface area contributed by atoms with Gasteiger partial charge in [0.05, 0.1) is 6.61 Å². The zero-order chi connectivity index (χ0) is 24.4. The molecule has 3 rings (SSSR count). The third kappa shape index (κ3) is 6.16. The lowest BCUT2D eigenvalue weighted by Crippen LogP contribution is -2.48. The number of nitrogens with one attached hydrogen (secondary N) is 1. The largest absolute Gasteiger partial charge is 0.506 e. The molecule has 6 nitrogen and oxygen atoms in total. The second-order valence-corrected chi connectivity index (χ2v) is 8.99. The Morgan fingerprint density at radius 2 is 1.32 bits per heavy atom. The van der Waals surface area contributed by atoms with Crippen LogP contribution in [0.15, 0.2) is 91.0 Å². The lowest BCUT2D eigenvalue weighted by Gasteiger charge is -2.37. The Morgan fingerprint density at radius 1 is 0.882 bits per heavy atom. The van der Waals surface area contributed by atoms with Crippen LogP contribution >= 0.6 is 8.03 Å². The molecule has 0 aliphatic rings. The molecule has 2 atom stereocenters. The Kier molecular flexibility index (Phi) is 9.08. The summed E-state index contributed by atoms with van der Waals surface area (Å²) < 4.78 is 16.4. The van der Waals surface area contributed by atoms with Crippen molar-refractivity contribution in [2.45, 2.75) is 25.3 Å². The number of benzene rings is 3. The van der Waals surface area contributed by atoms with Crippen LogP contribution in [0.1, 0.15) is 36.5 Å². The molecule has 2 unspecified atom stereocenters. The standard InChI is InChI=1S/C27H28NO5P/c1-2-33-26(30)21(20-34(31)32)18-19-25(29)28-27(22-12-6-3-7-13-22,23-14-8-4-9-15-23)24-16-10-5-11-17-24/h3-17,21H,2,18-20H2,1H3,(H-,28,29,31,32)/p+1. The van der Waals surface area contributed by atoms with Crippen molar-refractivity contribution < 1.29 is 23.8 Å². The summed E-state index contributed by atoms with van der Waals surface area (Å²) in [4.78, 5) is 34.9. The maximum Gasteiger partial charge on any atom is 0.506 e. The van der Waals surface area contributed by atoms with Crippen LogP contribution < -0.4 is 5.32 Å². The molecule has 0 aliphatic heterocycles. The van der Waals surface area contributed by atoms with E-state index >= 15 is 0 Å². The molecule has 0 saturated carbocycles. The van der Waals surface area contributed by atoms with Crippen LogP contribution in [0.25, 0.3) is 0 Å². The van der Waals surface area contributed by atoms with Crippen LogP contribution in [0, 0.1) is 5.92 Å². The predicted octanol–water partition coefficient (Wildman–Crippen LogP) is 4.79. The minimum atomic E-state index is -2.53. The highest BCUT2D eigenvalue weighted by atomic mass is 31.1. The summed E-state index contributed by atoms with van der Waals surface area (Å²) in [7, 11) is -2.53. The second-order valence-electron chi connectivity index (χ2n) is 7.92. The average molecular weight is 479 g/mol. The first-order chi connectivity index (χ1) is 16.5. The van der Waals surface area contributed by atoms with E-state index in [9.17, 15) is 19.0 Å². The van der Waals surface area contributed by atoms with Gasteiger partial charge in [-0.25, -0.2) is 0 Å². The Balaban J connectivity index is 1.97. The number of carbonyl (C=O) groups is 2. The molecule has 0 aliphatic carbocycles. The van der Waals surface area contributed by atoms with Gasteiger partial charge in [-0.1, -0.05) is 91.0 Å². The van der Waals surface area contributed by atoms with E-state index in [4.69, 9.17) is 4.74 Å². The van der Waals surface area contributed by atoms with E-state index in [0.29, 0.717) is 0 Å². The van der Waals surface area contributed by atoms with Crippen molar-refractivity contribution in [2.75, 3.05) is 12.8 Å². The summed E-state index contributed by atoms with van der Waals surface area (Å²) in [6.07, 6.45) is -0.121. The normalized spacial score (nSPS) is 12.5.